The number of carbonyl (C=O) groups excluding carboxylic acids is 1. The number of carbonyl (C=O) groups is 1. The van der Waals surface area contributed by atoms with Crippen LogP contribution in [0.4, 0.5) is 5.69 Å². The Bertz CT molecular complexity index is 626. The molecule has 2 aromatic carbocycles. The van der Waals surface area contributed by atoms with Gasteiger partial charge in [0, 0.05) is 16.1 Å². The van der Waals surface area contributed by atoms with Crippen LogP contribution in [0.5, 0.6) is 5.75 Å². The van der Waals surface area contributed by atoms with Crippen LogP contribution in [0.3, 0.4) is 0 Å². The highest BCUT2D eigenvalue weighted by atomic mass is 79.9. The van der Waals surface area contributed by atoms with Crippen molar-refractivity contribution in [1.82, 2.24) is 0 Å². The zero-order valence-corrected chi connectivity index (χ0v) is 13.7. The molecule has 21 heavy (non-hydrogen) atoms. The third kappa shape index (κ3) is 4.08. The van der Waals surface area contributed by atoms with Crippen molar-refractivity contribution in [2.45, 2.75) is 18.2 Å². The molecule has 1 N–H and O–H groups in total. The third-order valence-corrected chi connectivity index (χ3v) is 3.70. The molecule has 0 saturated heterocycles. The van der Waals surface area contributed by atoms with Gasteiger partial charge in [0.2, 0.25) is 5.91 Å². The smallest absolute Gasteiger partial charge is 0.228 e. The molecular formula is C17H18BrNO2. The van der Waals surface area contributed by atoms with Gasteiger partial charge in [-0.05, 0) is 24.6 Å². The van der Waals surface area contributed by atoms with E-state index < -0.39 is 0 Å². The van der Waals surface area contributed by atoms with Gasteiger partial charge in [0.05, 0.1) is 13.5 Å². The van der Waals surface area contributed by atoms with Crippen molar-refractivity contribution in [3.8, 4) is 5.75 Å². The van der Waals surface area contributed by atoms with E-state index in [0.717, 1.165) is 22.6 Å². The zero-order valence-electron chi connectivity index (χ0n) is 12.1. The van der Waals surface area contributed by atoms with Crippen LogP contribution in [0.25, 0.3) is 0 Å². The highest BCUT2D eigenvalue weighted by molar-refractivity contribution is 9.09. The Hall–Kier alpha value is -1.81. The van der Waals surface area contributed by atoms with Crippen LogP contribution in [0.1, 0.15) is 22.9 Å². The molecule has 0 aliphatic carbocycles. The Morgan fingerprint density at radius 1 is 1.19 bits per heavy atom. The number of amides is 1. The summed E-state index contributed by atoms with van der Waals surface area (Å²) in [7, 11) is 1.61. The van der Waals surface area contributed by atoms with E-state index in [4.69, 9.17) is 4.74 Å². The van der Waals surface area contributed by atoms with Gasteiger partial charge in [-0.25, -0.2) is 0 Å². The number of hydrogen-bond acceptors (Lipinski definition) is 2. The molecule has 0 saturated carbocycles. The number of alkyl halides is 1. The van der Waals surface area contributed by atoms with Crippen molar-refractivity contribution in [1.29, 1.82) is 0 Å². The van der Waals surface area contributed by atoms with Crippen LogP contribution >= 0.6 is 15.9 Å². The molecule has 0 radical (unpaired) electrons. The van der Waals surface area contributed by atoms with Gasteiger partial charge >= 0.3 is 0 Å². The van der Waals surface area contributed by atoms with E-state index in [9.17, 15) is 4.79 Å². The SMILES string of the molecule is COc1ccccc1CC(=O)Nc1ccccc1C(C)Br. The lowest BCUT2D eigenvalue weighted by Gasteiger charge is -2.13. The normalized spacial score (nSPS) is 11.8. The lowest BCUT2D eigenvalue weighted by molar-refractivity contribution is -0.115. The van der Waals surface area contributed by atoms with E-state index in [-0.39, 0.29) is 17.2 Å². The molecule has 0 aromatic heterocycles. The van der Waals surface area contributed by atoms with Gasteiger partial charge in [-0.1, -0.05) is 52.3 Å². The largest absolute Gasteiger partial charge is 0.496 e. The van der Waals surface area contributed by atoms with Crippen molar-refractivity contribution in [2.24, 2.45) is 0 Å². The van der Waals surface area contributed by atoms with E-state index in [2.05, 4.69) is 21.2 Å². The van der Waals surface area contributed by atoms with E-state index in [1.807, 2.05) is 55.5 Å². The molecule has 0 heterocycles. The summed E-state index contributed by atoms with van der Waals surface area (Å²) in [5, 5.41) is 2.97. The topological polar surface area (TPSA) is 38.3 Å². The maximum Gasteiger partial charge on any atom is 0.228 e. The van der Waals surface area contributed by atoms with Crippen LogP contribution in [-0.4, -0.2) is 13.0 Å². The monoisotopic (exact) mass is 347 g/mol. The minimum Gasteiger partial charge on any atom is -0.496 e. The van der Waals surface area contributed by atoms with Gasteiger partial charge in [-0.2, -0.15) is 0 Å². The van der Waals surface area contributed by atoms with Gasteiger partial charge in [0.1, 0.15) is 5.75 Å². The van der Waals surface area contributed by atoms with Crippen LogP contribution < -0.4 is 10.1 Å². The maximum absolute atomic E-state index is 12.2. The fourth-order valence-corrected chi connectivity index (χ4v) is 2.57. The minimum absolute atomic E-state index is 0.0555. The Kier molecular flexibility index (Phi) is 5.39. The summed E-state index contributed by atoms with van der Waals surface area (Å²) < 4.78 is 5.27. The number of methoxy groups -OCH3 is 1. The van der Waals surface area contributed by atoms with E-state index in [0.29, 0.717) is 0 Å². The van der Waals surface area contributed by atoms with E-state index in [1.54, 1.807) is 7.11 Å². The second-order valence-electron chi connectivity index (χ2n) is 4.74. The Balaban J connectivity index is 2.12. The molecule has 0 aliphatic rings. The van der Waals surface area contributed by atoms with Gasteiger partial charge in [0.15, 0.2) is 0 Å². The number of ether oxygens (including phenoxy) is 1. The van der Waals surface area contributed by atoms with Gasteiger partial charge in [-0.15, -0.1) is 0 Å². The highest BCUT2D eigenvalue weighted by Crippen LogP contribution is 2.29. The predicted molar refractivity (Wildman–Crippen MR) is 89.1 cm³/mol. The molecule has 0 spiro atoms. The molecule has 0 fully saturated rings. The van der Waals surface area contributed by atoms with Crippen molar-refractivity contribution >= 4 is 27.5 Å². The summed E-state index contributed by atoms with van der Waals surface area (Å²) in [4.78, 5) is 12.4. The number of rotatable bonds is 5. The molecule has 1 unspecified atom stereocenters. The van der Waals surface area contributed by atoms with Gasteiger partial charge in [-0.3, -0.25) is 4.79 Å². The fourth-order valence-electron chi connectivity index (χ4n) is 2.17. The Morgan fingerprint density at radius 3 is 2.57 bits per heavy atom. The predicted octanol–water partition coefficient (Wildman–Crippen LogP) is 4.33. The summed E-state index contributed by atoms with van der Waals surface area (Å²) in [6, 6.07) is 15.3. The first-order chi connectivity index (χ1) is 10.1. The van der Waals surface area contributed by atoms with Crippen molar-refractivity contribution in [2.75, 3.05) is 12.4 Å². The summed E-state index contributed by atoms with van der Waals surface area (Å²) in [6.07, 6.45) is 0.287. The summed E-state index contributed by atoms with van der Waals surface area (Å²) in [5.74, 6) is 0.676. The minimum atomic E-state index is -0.0555. The van der Waals surface area contributed by atoms with Crippen LogP contribution in [0.2, 0.25) is 0 Å². The first kappa shape index (κ1) is 15.6. The zero-order chi connectivity index (χ0) is 15.2. The molecule has 2 rings (SSSR count). The van der Waals surface area contributed by atoms with Crippen LogP contribution in [0, 0.1) is 0 Å². The van der Waals surface area contributed by atoms with Crippen LogP contribution in [-0.2, 0) is 11.2 Å². The molecule has 4 heteroatoms. The summed E-state index contributed by atoms with van der Waals surface area (Å²) in [5.41, 5.74) is 2.77. The molecule has 3 nitrogen and oxygen atoms in total. The molecule has 0 aliphatic heterocycles. The molecule has 0 bridgehead atoms. The number of benzene rings is 2. The molecule has 110 valence electrons. The van der Waals surface area contributed by atoms with Crippen molar-refractivity contribution in [3.05, 3.63) is 59.7 Å². The summed E-state index contributed by atoms with van der Waals surface area (Å²) >= 11 is 3.54. The third-order valence-electron chi connectivity index (χ3n) is 3.21. The van der Waals surface area contributed by atoms with Crippen molar-refractivity contribution in [3.63, 3.8) is 0 Å². The Labute approximate surface area is 133 Å². The number of nitrogens with one attached hydrogen (secondary N) is 1. The molecule has 2 aromatic rings. The number of halogens is 1. The fraction of sp³-hybridized carbons (Fsp3) is 0.235. The quantitative estimate of drug-likeness (QED) is 0.817. The molecule has 1 amide bonds. The number of anilines is 1. The summed E-state index contributed by atoms with van der Waals surface area (Å²) in [6.45, 7) is 2.03. The average Bonchev–Trinajstić information content (AvgIpc) is 2.48. The van der Waals surface area contributed by atoms with Gasteiger partial charge < -0.3 is 10.1 Å². The molecule has 1 atom stereocenters. The first-order valence-corrected chi connectivity index (χ1v) is 7.68. The Morgan fingerprint density at radius 2 is 1.86 bits per heavy atom. The maximum atomic E-state index is 12.2. The van der Waals surface area contributed by atoms with Crippen LogP contribution in [0.15, 0.2) is 48.5 Å². The van der Waals surface area contributed by atoms with E-state index >= 15 is 0 Å². The van der Waals surface area contributed by atoms with E-state index in [1.165, 1.54) is 0 Å². The second-order valence-corrected chi connectivity index (χ2v) is 6.11. The lowest BCUT2D eigenvalue weighted by Crippen LogP contribution is -2.16. The highest BCUT2D eigenvalue weighted by Gasteiger charge is 2.12. The second kappa shape index (κ2) is 7.27. The standard InChI is InChI=1S/C17H18BrNO2/c1-12(18)14-8-4-5-9-15(14)19-17(20)11-13-7-3-6-10-16(13)21-2/h3-10,12H,11H2,1-2H3,(H,19,20). The average molecular weight is 348 g/mol. The lowest BCUT2D eigenvalue weighted by atomic mass is 10.1. The first-order valence-electron chi connectivity index (χ1n) is 6.76. The number of para-hydroxylation sites is 2. The molecular weight excluding hydrogens is 330 g/mol. The number of hydrogen-bond donors (Lipinski definition) is 1. The van der Waals surface area contributed by atoms with Gasteiger partial charge in [0.25, 0.3) is 0 Å². The van der Waals surface area contributed by atoms with Crippen molar-refractivity contribution < 1.29 is 9.53 Å².